The fourth-order valence-corrected chi connectivity index (χ4v) is 4.86. The summed E-state index contributed by atoms with van der Waals surface area (Å²) < 4.78 is 11.3. The maximum atomic E-state index is 13.0. The molecule has 0 radical (unpaired) electrons. The van der Waals surface area contributed by atoms with Gasteiger partial charge in [0, 0.05) is 38.5 Å². The summed E-state index contributed by atoms with van der Waals surface area (Å²) in [7, 11) is 0. The van der Waals surface area contributed by atoms with Gasteiger partial charge in [0.05, 0.1) is 24.6 Å². The zero-order valence-corrected chi connectivity index (χ0v) is 20.2. The van der Waals surface area contributed by atoms with Crippen LogP contribution in [0, 0.1) is 0 Å². The molecular formula is C27H35N3O4. The molecule has 2 heterocycles. The minimum atomic E-state index is -0.0999. The quantitative estimate of drug-likeness (QED) is 0.576. The largest absolute Gasteiger partial charge is 0.490 e. The van der Waals surface area contributed by atoms with Crippen LogP contribution in [0.2, 0.25) is 0 Å². The van der Waals surface area contributed by atoms with Crippen LogP contribution in [0.4, 0.5) is 11.4 Å². The van der Waals surface area contributed by atoms with E-state index in [9.17, 15) is 9.59 Å². The normalized spacial score (nSPS) is 16.6. The molecule has 2 aromatic rings. The van der Waals surface area contributed by atoms with Gasteiger partial charge in [0.15, 0.2) is 11.5 Å². The minimum Gasteiger partial charge on any atom is -0.490 e. The predicted molar refractivity (Wildman–Crippen MR) is 134 cm³/mol. The van der Waals surface area contributed by atoms with Crippen LogP contribution < -0.4 is 24.6 Å². The molecule has 4 rings (SSSR count). The van der Waals surface area contributed by atoms with Crippen molar-refractivity contribution in [3.63, 3.8) is 0 Å². The van der Waals surface area contributed by atoms with E-state index in [0.29, 0.717) is 38.8 Å². The SMILES string of the molecule is CCOc1ccc(CCNC(=O)CCC(=O)N2C[C@H]3CCCN3c3ccccc32)cc1OCC. The number of para-hydroxylation sites is 2. The van der Waals surface area contributed by atoms with Gasteiger partial charge in [-0.3, -0.25) is 9.59 Å². The zero-order valence-electron chi connectivity index (χ0n) is 20.2. The van der Waals surface area contributed by atoms with Gasteiger partial charge in [0.25, 0.3) is 0 Å². The van der Waals surface area contributed by atoms with Gasteiger partial charge in [-0.1, -0.05) is 18.2 Å². The van der Waals surface area contributed by atoms with Gasteiger partial charge in [-0.2, -0.15) is 0 Å². The van der Waals surface area contributed by atoms with Crippen LogP contribution in [0.5, 0.6) is 11.5 Å². The van der Waals surface area contributed by atoms with Crippen LogP contribution in [-0.2, 0) is 16.0 Å². The standard InChI is InChI=1S/C27H35N3O4/c1-3-33-24-12-11-20(18-25(24)34-4-2)15-16-28-26(31)13-14-27(32)30-19-21-8-7-17-29(21)22-9-5-6-10-23(22)30/h5-6,9-12,18,21H,3-4,7-8,13-17,19H2,1-2H3,(H,28,31)/t21-/m1/s1. The molecule has 34 heavy (non-hydrogen) atoms. The summed E-state index contributed by atoms with van der Waals surface area (Å²) in [6, 6.07) is 14.3. The Labute approximate surface area is 202 Å². The molecule has 1 fully saturated rings. The van der Waals surface area contributed by atoms with E-state index in [4.69, 9.17) is 9.47 Å². The van der Waals surface area contributed by atoms with E-state index >= 15 is 0 Å². The Morgan fingerprint density at radius 1 is 1.00 bits per heavy atom. The van der Waals surface area contributed by atoms with E-state index in [2.05, 4.69) is 16.3 Å². The molecule has 182 valence electrons. The Hall–Kier alpha value is -3.22. The third kappa shape index (κ3) is 5.46. The molecule has 0 bridgehead atoms. The fourth-order valence-electron chi connectivity index (χ4n) is 4.86. The van der Waals surface area contributed by atoms with Crippen molar-refractivity contribution in [2.75, 3.05) is 42.6 Å². The number of hydrogen-bond acceptors (Lipinski definition) is 5. The number of ether oxygens (including phenoxy) is 2. The summed E-state index contributed by atoms with van der Waals surface area (Å²) in [5.41, 5.74) is 3.16. The summed E-state index contributed by atoms with van der Waals surface area (Å²) >= 11 is 0. The van der Waals surface area contributed by atoms with Crippen molar-refractivity contribution >= 4 is 23.2 Å². The van der Waals surface area contributed by atoms with Crippen molar-refractivity contribution in [3.05, 3.63) is 48.0 Å². The predicted octanol–water partition coefficient (Wildman–Crippen LogP) is 3.94. The average molecular weight is 466 g/mol. The van der Waals surface area contributed by atoms with Gasteiger partial charge in [0.2, 0.25) is 11.8 Å². The topological polar surface area (TPSA) is 71.1 Å². The summed E-state index contributed by atoms with van der Waals surface area (Å²) in [5.74, 6) is 1.37. The molecular weight excluding hydrogens is 430 g/mol. The first kappa shape index (κ1) is 23.9. The van der Waals surface area contributed by atoms with Crippen LogP contribution in [0.25, 0.3) is 0 Å². The number of benzene rings is 2. The maximum absolute atomic E-state index is 13.0. The number of fused-ring (bicyclic) bond motifs is 3. The Kier molecular flexibility index (Phi) is 7.93. The van der Waals surface area contributed by atoms with Crippen LogP contribution in [-0.4, -0.2) is 50.7 Å². The molecule has 2 aliphatic rings. The van der Waals surface area contributed by atoms with Crippen LogP contribution in [0.15, 0.2) is 42.5 Å². The van der Waals surface area contributed by atoms with Crippen LogP contribution in [0.3, 0.4) is 0 Å². The molecule has 0 spiro atoms. The smallest absolute Gasteiger partial charge is 0.227 e. The second kappa shape index (κ2) is 11.3. The van der Waals surface area contributed by atoms with Gasteiger partial charge in [-0.15, -0.1) is 0 Å². The number of anilines is 2. The van der Waals surface area contributed by atoms with Crippen molar-refractivity contribution in [1.82, 2.24) is 5.32 Å². The van der Waals surface area contributed by atoms with E-state index in [-0.39, 0.29) is 24.7 Å². The van der Waals surface area contributed by atoms with E-state index in [0.717, 1.165) is 47.8 Å². The Bertz CT molecular complexity index is 1010. The van der Waals surface area contributed by atoms with E-state index in [1.165, 1.54) is 0 Å². The van der Waals surface area contributed by atoms with Crippen molar-refractivity contribution in [1.29, 1.82) is 0 Å². The molecule has 2 aliphatic heterocycles. The van der Waals surface area contributed by atoms with Crippen LogP contribution in [0.1, 0.15) is 45.1 Å². The highest BCUT2D eigenvalue weighted by Crippen LogP contribution is 2.39. The van der Waals surface area contributed by atoms with Crippen molar-refractivity contribution in [2.45, 2.75) is 52.0 Å². The minimum absolute atomic E-state index is 0.0158. The molecule has 0 unspecified atom stereocenters. The summed E-state index contributed by atoms with van der Waals surface area (Å²) in [6.45, 7) is 7.29. The molecule has 1 atom stereocenters. The molecule has 7 heteroatoms. The molecule has 1 saturated heterocycles. The number of nitrogens with zero attached hydrogens (tertiary/aromatic N) is 2. The Morgan fingerprint density at radius 3 is 2.56 bits per heavy atom. The second-order valence-electron chi connectivity index (χ2n) is 8.73. The third-order valence-corrected chi connectivity index (χ3v) is 6.46. The highest BCUT2D eigenvalue weighted by Gasteiger charge is 2.35. The number of amides is 2. The monoisotopic (exact) mass is 465 g/mol. The van der Waals surface area contributed by atoms with Gasteiger partial charge < -0.3 is 24.6 Å². The van der Waals surface area contributed by atoms with Gasteiger partial charge in [-0.05, 0) is 62.9 Å². The molecule has 7 nitrogen and oxygen atoms in total. The third-order valence-electron chi connectivity index (χ3n) is 6.46. The molecule has 2 aromatic carbocycles. The van der Waals surface area contributed by atoms with E-state index < -0.39 is 0 Å². The second-order valence-corrected chi connectivity index (χ2v) is 8.73. The van der Waals surface area contributed by atoms with Crippen molar-refractivity contribution < 1.29 is 19.1 Å². The summed E-state index contributed by atoms with van der Waals surface area (Å²) in [4.78, 5) is 29.8. The Balaban J connectivity index is 1.26. The van der Waals surface area contributed by atoms with Crippen molar-refractivity contribution in [3.8, 4) is 11.5 Å². The van der Waals surface area contributed by atoms with Gasteiger partial charge >= 0.3 is 0 Å². The molecule has 0 aliphatic carbocycles. The average Bonchev–Trinajstić information content (AvgIpc) is 3.33. The summed E-state index contributed by atoms with van der Waals surface area (Å²) in [6.07, 6.45) is 3.35. The number of carbonyl (C=O) groups excluding carboxylic acids is 2. The number of nitrogens with one attached hydrogen (secondary N) is 1. The fraction of sp³-hybridized carbons (Fsp3) is 0.481. The molecule has 1 N–H and O–H groups in total. The first-order chi connectivity index (χ1) is 16.6. The summed E-state index contributed by atoms with van der Waals surface area (Å²) in [5, 5.41) is 2.95. The van der Waals surface area contributed by atoms with E-state index in [1.807, 2.05) is 55.1 Å². The number of rotatable bonds is 10. The number of carbonyl (C=O) groups is 2. The lowest BCUT2D eigenvalue weighted by Crippen LogP contribution is -2.48. The Morgan fingerprint density at radius 2 is 1.76 bits per heavy atom. The zero-order chi connectivity index (χ0) is 23.9. The maximum Gasteiger partial charge on any atom is 0.227 e. The van der Waals surface area contributed by atoms with Crippen molar-refractivity contribution in [2.24, 2.45) is 0 Å². The molecule has 0 saturated carbocycles. The molecule has 2 amide bonds. The highest BCUT2D eigenvalue weighted by atomic mass is 16.5. The lowest BCUT2D eigenvalue weighted by molar-refractivity contribution is -0.125. The van der Waals surface area contributed by atoms with E-state index in [1.54, 1.807) is 0 Å². The van der Waals surface area contributed by atoms with Gasteiger partial charge in [-0.25, -0.2) is 0 Å². The first-order valence-electron chi connectivity index (χ1n) is 12.4. The van der Waals surface area contributed by atoms with Gasteiger partial charge in [0.1, 0.15) is 0 Å². The molecule has 0 aromatic heterocycles. The van der Waals surface area contributed by atoms with Crippen LogP contribution >= 0.6 is 0 Å². The highest BCUT2D eigenvalue weighted by molar-refractivity contribution is 5.99. The lowest BCUT2D eigenvalue weighted by atomic mass is 10.1. The lowest BCUT2D eigenvalue weighted by Gasteiger charge is -2.40. The number of hydrogen-bond donors (Lipinski definition) is 1. The first-order valence-corrected chi connectivity index (χ1v) is 12.4.